The highest BCUT2D eigenvalue weighted by Crippen LogP contribution is 2.20. The fourth-order valence-electron chi connectivity index (χ4n) is 2.48. The number of esters is 1. The minimum absolute atomic E-state index is 0.111. The molecule has 0 aliphatic carbocycles. The van der Waals surface area contributed by atoms with E-state index in [0.29, 0.717) is 19.6 Å². The third-order valence-electron chi connectivity index (χ3n) is 3.62. The van der Waals surface area contributed by atoms with Gasteiger partial charge in [0.05, 0.1) is 6.61 Å². The lowest BCUT2D eigenvalue weighted by molar-refractivity contribution is -0.155. The number of hydrogen-bond donors (Lipinski definition) is 0. The lowest BCUT2D eigenvalue weighted by atomic mass is 10.0. The van der Waals surface area contributed by atoms with E-state index in [0.717, 1.165) is 23.3 Å². The Kier molecular flexibility index (Phi) is 5.56. The van der Waals surface area contributed by atoms with Crippen LogP contribution in [0.25, 0.3) is 6.08 Å². The van der Waals surface area contributed by atoms with Crippen LogP contribution in [-0.4, -0.2) is 36.0 Å². The van der Waals surface area contributed by atoms with E-state index in [4.69, 9.17) is 4.74 Å². The molecule has 1 aliphatic rings. The summed E-state index contributed by atoms with van der Waals surface area (Å²) in [6, 6.07) is 1.59. The Labute approximate surface area is 129 Å². The lowest BCUT2D eigenvalue weighted by Gasteiger charge is -2.33. The molecular weight excluding hydrogens is 286 g/mol. The normalized spacial score (nSPS) is 19.0. The van der Waals surface area contributed by atoms with Crippen molar-refractivity contribution in [3.05, 3.63) is 28.0 Å². The Morgan fingerprint density at radius 2 is 2.29 bits per heavy atom. The average Bonchev–Trinajstić information content (AvgIpc) is 2.90. The second-order valence-electron chi connectivity index (χ2n) is 5.10. The van der Waals surface area contributed by atoms with Gasteiger partial charge in [0.2, 0.25) is 5.91 Å². The van der Waals surface area contributed by atoms with Crippen LogP contribution in [0.2, 0.25) is 0 Å². The molecule has 1 aromatic heterocycles. The molecule has 1 saturated heterocycles. The summed E-state index contributed by atoms with van der Waals surface area (Å²) < 4.78 is 5.08. The van der Waals surface area contributed by atoms with Gasteiger partial charge in [0.25, 0.3) is 0 Å². The van der Waals surface area contributed by atoms with Crippen LogP contribution in [0.5, 0.6) is 0 Å². The molecule has 1 aliphatic heterocycles. The molecule has 0 saturated carbocycles. The van der Waals surface area contributed by atoms with Crippen molar-refractivity contribution in [2.75, 3.05) is 13.2 Å². The molecule has 0 radical (unpaired) electrons. The summed E-state index contributed by atoms with van der Waals surface area (Å²) >= 11 is 1.60. The van der Waals surface area contributed by atoms with E-state index < -0.39 is 6.04 Å². The molecule has 1 atom stereocenters. The first-order valence-corrected chi connectivity index (χ1v) is 8.21. The minimum Gasteiger partial charge on any atom is -0.464 e. The predicted molar refractivity (Wildman–Crippen MR) is 84.1 cm³/mol. The van der Waals surface area contributed by atoms with Crippen LogP contribution in [0.15, 0.2) is 17.5 Å². The summed E-state index contributed by atoms with van der Waals surface area (Å²) in [5, 5.41) is 2.00. The summed E-state index contributed by atoms with van der Waals surface area (Å²) in [6.07, 6.45) is 5.99. The van der Waals surface area contributed by atoms with Gasteiger partial charge in [-0.05, 0) is 56.2 Å². The van der Waals surface area contributed by atoms with Crippen molar-refractivity contribution in [3.63, 3.8) is 0 Å². The summed E-state index contributed by atoms with van der Waals surface area (Å²) in [4.78, 5) is 27.0. The van der Waals surface area contributed by atoms with Gasteiger partial charge in [0.15, 0.2) is 0 Å². The second-order valence-corrected chi connectivity index (χ2v) is 6.04. The first kappa shape index (κ1) is 15.8. The topological polar surface area (TPSA) is 46.6 Å². The van der Waals surface area contributed by atoms with Gasteiger partial charge in [-0.1, -0.05) is 0 Å². The van der Waals surface area contributed by atoms with Gasteiger partial charge in [-0.25, -0.2) is 4.79 Å². The number of hydrogen-bond acceptors (Lipinski definition) is 4. The molecule has 0 bridgehead atoms. The molecule has 1 unspecified atom stereocenters. The largest absolute Gasteiger partial charge is 0.464 e. The van der Waals surface area contributed by atoms with Crippen LogP contribution in [0, 0.1) is 6.92 Å². The number of aryl methyl sites for hydroxylation is 1. The van der Waals surface area contributed by atoms with Crippen molar-refractivity contribution < 1.29 is 14.3 Å². The predicted octanol–water partition coefficient (Wildman–Crippen LogP) is 3.01. The minimum atomic E-state index is -0.430. The molecule has 114 valence electrons. The molecule has 0 aromatic carbocycles. The van der Waals surface area contributed by atoms with Crippen molar-refractivity contribution in [2.45, 2.75) is 39.2 Å². The van der Waals surface area contributed by atoms with E-state index in [1.54, 1.807) is 29.2 Å². The van der Waals surface area contributed by atoms with Crippen LogP contribution < -0.4 is 0 Å². The highest BCUT2D eigenvalue weighted by atomic mass is 32.1. The van der Waals surface area contributed by atoms with E-state index in [1.165, 1.54) is 0 Å². The fraction of sp³-hybridized carbons (Fsp3) is 0.500. The Morgan fingerprint density at radius 1 is 1.48 bits per heavy atom. The standard InChI is InChI=1S/C16H21NO3S/c1-3-20-16(19)13-6-4-5-10-17(13)15(18)8-7-14-12(2)9-11-21-14/h7-9,11,13H,3-6,10H2,1-2H3/b8-7+. The number of rotatable bonds is 4. The smallest absolute Gasteiger partial charge is 0.328 e. The van der Waals surface area contributed by atoms with Crippen LogP contribution in [0.4, 0.5) is 0 Å². The zero-order valence-corrected chi connectivity index (χ0v) is 13.3. The summed E-state index contributed by atoms with van der Waals surface area (Å²) in [6.45, 7) is 4.77. The number of likely N-dealkylation sites (tertiary alicyclic amines) is 1. The molecule has 5 heteroatoms. The van der Waals surface area contributed by atoms with E-state index in [-0.39, 0.29) is 11.9 Å². The number of carbonyl (C=O) groups is 2. The average molecular weight is 307 g/mol. The molecular formula is C16H21NO3S. The van der Waals surface area contributed by atoms with Gasteiger partial charge in [0.1, 0.15) is 6.04 Å². The van der Waals surface area contributed by atoms with Gasteiger partial charge in [-0.2, -0.15) is 0 Å². The third-order valence-corrected chi connectivity index (χ3v) is 4.61. The monoisotopic (exact) mass is 307 g/mol. The molecule has 0 spiro atoms. The zero-order valence-electron chi connectivity index (χ0n) is 12.5. The zero-order chi connectivity index (χ0) is 15.2. The molecule has 1 aromatic rings. The highest BCUT2D eigenvalue weighted by Gasteiger charge is 2.32. The summed E-state index contributed by atoms with van der Waals surface area (Å²) in [5.74, 6) is -0.396. The van der Waals surface area contributed by atoms with Crippen LogP contribution >= 0.6 is 11.3 Å². The SMILES string of the molecule is CCOC(=O)C1CCCCN1C(=O)/C=C/c1sccc1C. The molecule has 1 fully saturated rings. The molecule has 2 rings (SSSR count). The maximum Gasteiger partial charge on any atom is 0.328 e. The van der Waals surface area contributed by atoms with Gasteiger partial charge >= 0.3 is 5.97 Å². The highest BCUT2D eigenvalue weighted by molar-refractivity contribution is 7.11. The fourth-order valence-corrected chi connectivity index (χ4v) is 3.30. The first-order valence-electron chi connectivity index (χ1n) is 7.33. The van der Waals surface area contributed by atoms with Crippen molar-refractivity contribution in [1.29, 1.82) is 0 Å². The molecule has 21 heavy (non-hydrogen) atoms. The van der Waals surface area contributed by atoms with Crippen molar-refractivity contribution >= 4 is 29.3 Å². The van der Waals surface area contributed by atoms with E-state index in [2.05, 4.69) is 0 Å². The number of carbonyl (C=O) groups excluding carboxylic acids is 2. The van der Waals surface area contributed by atoms with Crippen molar-refractivity contribution in [1.82, 2.24) is 4.90 Å². The molecule has 1 amide bonds. The van der Waals surface area contributed by atoms with Gasteiger partial charge in [0, 0.05) is 17.5 Å². The van der Waals surface area contributed by atoms with Crippen LogP contribution in [0.1, 0.15) is 36.6 Å². The van der Waals surface area contributed by atoms with E-state index >= 15 is 0 Å². The maximum atomic E-state index is 12.4. The Morgan fingerprint density at radius 3 is 2.95 bits per heavy atom. The number of nitrogens with zero attached hydrogens (tertiary/aromatic N) is 1. The van der Waals surface area contributed by atoms with Crippen LogP contribution in [0.3, 0.4) is 0 Å². The number of ether oxygens (including phenoxy) is 1. The Bertz CT molecular complexity index is 535. The maximum absolute atomic E-state index is 12.4. The Balaban J connectivity index is 2.06. The quantitative estimate of drug-likeness (QED) is 0.634. The van der Waals surface area contributed by atoms with E-state index in [9.17, 15) is 9.59 Å². The van der Waals surface area contributed by atoms with Crippen molar-refractivity contribution in [2.24, 2.45) is 0 Å². The lowest BCUT2D eigenvalue weighted by Crippen LogP contribution is -2.48. The van der Waals surface area contributed by atoms with E-state index in [1.807, 2.05) is 24.4 Å². The molecule has 4 nitrogen and oxygen atoms in total. The Hall–Kier alpha value is -1.62. The number of piperidine rings is 1. The number of thiophene rings is 1. The second kappa shape index (κ2) is 7.41. The van der Waals surface area contributed by atoms with Gasteiger partial charge in [-0.3, -0.25) is 4.79 Å². The van der Waals surface area contributed by atoms with Crippen LogP contribution in [-0.2, 0) is 14.3 Å². The summed E-state index contributed by atoms with van der Waals surface area (Å²) in [7, 11) is 0. The van der Waals surface area contributed by atoms with Crippen molar-refractivity contribution in [3.8, 4) is 0 Å². The number of amides is 1. The molecule has 0 N–H and O–H groups in total. The van der Waals surface area contributed by atoms with Gasteiger partial charge < -0.3 is 9.64 Å². The first-order chi connectivity index (χ1) is 10.1. The molecule has 2 heterocycles. The summed E-state index contributed by atoms with van der Waals surface area (Å²) in [5.41, 5.74) is 1.16. The van der Waals surface area contributed by atoms with Gasteiger partial charge in [-0.15, -0.1) is 11.3 Å². The third kappa shape index (κ3) is 3.94.